The third-order valence-corrected chi connectivity index (χ3v) is 4.07. The molecule has 6 heteroatoms. The van der Waals surface area contributed by atoms with Gasteiger partial charge in [0.15, 0.2) is 0 Å². The van der Waals surface area contributed by atoms with Gasteiger partial charge in [-0.3, -0.25) is 9.88 Å². The lowest BCUT2D eigenvalue weighted by Crippen LogP contribution is -2.59. The van der Waals surface area contributed by atoms with E-state index in [1.54, 1.807) is 31.6 Å². The third-order valence-electron chi connectivity index (χ3n) is 4.07. The number of carbonyl (C=O) groups is 2. The molecule has 2 amide bonds. The van der Waals surface area contributed by atoms with Crippen molar-refractivity contribution in [1.82, 2.24) is 9.88 Å². The number of hydrogen-bond acceptors (Lipinski definition) is 3. The molecular formula is C15H21N3O3. The lowest BCUT2D eigenvalue weighted by Gasteiger charge is -2.44. The molecule has 21 heavy (non-hydrogen) atoms. The van der Waals surface area contributed by atoms with E-state index in [2.05, 4.69) is 4.98 Å². The predicted octanol–water partition coefficient (Wildman–Crippen LogP) is 2.21. The fourth-order valence-corrected chi connectivity index (χ4v) is 2.92. The molecule has 1 fully saturated rings. The van der Waals surface area contributed by atoms with E-state index in [1.165, 1.54) is 9.80 Å². The van der Waals surface area contributed by atoms with Crippen LogP contribution in [0.1, 0.15) is 26.7 Å². The minimum atomic E-state index is -0.951. The standard InChI is InChI=1S/C15H21N3O3/c1-15(2)7-5-9-18(12(15)13(19)20)14(21)17(3)11-6-4-8-16-10-11/h4,6,8,10,12H,5,7,9H2,1-3H3,(H,19,20). The maximum atomic E-state index is 12.7. The highest BCUT2D eigenvalue weighted by Crippen LogP contribution is 2.36. The molecule has 2 rings (SSSR count). The molecule has 0 bridgehead atoms. The SMILES string of the molecule is CN(C(=O)N1CCCC(C)(C)C1C(=O)O)c1cccnc1. The van der Waals surface area contributed by atoms with Crippen molar-refractivity contribution in [3.8, 4) is 0 Å². The second-order valence-corrected chi connectivity index (χ2v) is 6.08. The van der Waals surface area contributed by atoms with Gasteiger partial charge in [-0.05, 0) is 30.4 Å². The molecule has 1 unspecified atom stereocenters. The van der Waals surface area contributed by atoms with Gasteiger partial charge < -0.3 is 10.0 Å². The first-order valence-electron chi connectivity index (χ1n) is 7.02. The molecule has 0 aromatic carbocycles. The van der Waals surface area contributed by atoms with E-state index in [-0.39, 0.29) is 6.03 Å². The highest BCUT2D eigenvalue weighted by Gasteiger charge is 2.45. The molecular weight excluding hydrogens is 270 g/mol. The van der Waals surface area contributed by atoms with E-state index < -0.39 is 17.4 Å². The van der Waals surface area contributed by atoms with E-state index in [0.29, 0.717) is 12.2 Å². The van der Waals surface area contributed by atoms with E-state index >= 15 is 0 Å². The van der Waals surface area contributed by atoms with Crippen LogP contribution in [0, 0.1) is 5.41 Å². The number of rotatable bonds is 2. The number of urea groups is 1. The minimum Gasteiger partial charge on any atom is -0.480 e. The van der Waals surface area contributed by atoms with Gasteiger partial charge in [0.1, 0.15) is 6.04 Å². The van der Waals surface area contributed by atoms with Crippen LogP contribution in [0.15, 0.2) is 24.5 Å². The number of piperidine rings is 1. The van der Waals surface area contributed by atoms with Crippen LogP contribution in [0.5, 0.6) is 0 Å². The fourth-order valence-electron chi connectivity index (χ4n) is 2.92. The summed E-state index contributed by atoms with van der Waals surface area (Å²) >= 11 is 0. The second kappa shape index (κ2) is 5.71. The zero-order valence-corrected chi connectivity index (χ0v) is 12.6. The summed E-state index contributed by atoms with van der Waals surface area (Å²) in [6.07, 6.45) is 4.82. The van der Waals surface area contributed by atoms with Crippen LogP contribution in [0.4, 0.5) is 10.5 Å². The Bertz CT molecular complexity index is 530. The Morgan fingerprint density at radius 3 is 2.76 bits per heavy atom. The number of carbonyl (C=O) groups excluding carboxylic acids is 1. The van der Waals surface area contributed by atoms with E-state index in [1.807, 2.05) is 13.8 Å². The summed E-state index contributed by atoms with van der Waals surface area (Å²) < 4.78 is 0. The first-order chi connectivity index (χ1) is 9.84. The minimum absolute atomic E-state index is 0.303. The van der Waals surface area contributed by atoms with Crippen LogP contribution in [0.25, 0.3) is 0 Å². The number of pyridine rings is 1. The van der Waals surface area contributed by atoms with Gasteiger partial charge in [-0.1, -0.05) is 13.8 Å². The largest absolute Gasteiger partial charge is 0.480 e. The van der Waals surface area contributed by atoms with E-state index in [0.717, 1.165) is 12.8 Å². The summed E-state index contributed by atoms with van der Waals surface area (Å²) in [6.45, 7) is 4.26. The Hall–Kier alpha value is -2.11. The zero-order chi connectivity index (χ0) is 15.6. The summed E-state index contributed by atoms with van der Waals surface area (Å²) in [5.41, 5.74) is 0.213. The summed E-state index contributed by atoms with van der Waals surface area (Å²) in [4.78, 5) is 31.2. The lowest BCUT2D eigenvalue weighted by molar-refractivity contribution is -0.148. The Morgan fingerprint density at radius 2 is 2.19 bits per heavy atom. The molecule has 0 spiro atoms. The van der Waals surface area contributed by atoms with Gasteiger partial charge in [-0.2, -0.15) is 0 Å². The highest BCUT2D eigenvalue weighted by atomic mass is 16.4. The molecule has 6 nitrogen and oxygen atoms in total. The summed E-state index contributed by atoms with van der Waals surface area (Å²) in [6, 6.07) is 2.41. The Balaban J connectivity index is 2.26. The predicted molar refractivity (Wildman–Crippen MR) is 79.2 cm³/mol. The number of nitrogens with zero attached hydrogens (tertiary/aromatic N) is 3. The highest BCUT2D eigenvalue weighted by molar-refractivity contribution is 5.94. The van der Waals surface area contributed by atoms with Crippen molar-refractivity contribution >= 4 is 17.7 Å². The molecule has 1 saturated heterocycles. The molecule has 1 aliphatic rings. The maximum Gasteiger partial charge on any atom is 0.327 e. The van der Waals surface area contributed by atoms with Crippen LogP contribution in [-0.4, -0.2) is 46.6 Å². The zero-order valence-electron chi connectivity index (χ0n) is 12.6. The van der Waals surface area contributed by atoms with Crippen molar-refractivity contribution in [2.75, 3.05) is 18.5 Å². The van der Waals surface area contributed by atoms with Crippen LogP contribution >= 0.6 is 0 Å². The van der Waals surface area contributed by atoms with Crippen LogP contribution in [0.2, 0.25) is 0 Å². The number of anilines is 1. The molecule has 0 aliphatic carbocycles. The summed E-state index contributed by atoms with van der Waals surface area (Å²) in [5, 5.41) is 9.52. The van der Waals surface area contributed by atoms with Crippen molar-refractivity contribution in [2.24, 2.45) is 5.41 Å². The number of aliphatic carboxylic acids is 1. The third kappa shape index (κ3) is 2.99. The van der Waals surface area contributed by atoms with Crippen molar-refractivity contribution in [3.63, 3.8) is 0 Å². The normalized spacial score (nSPS) is 20.9. The Morgan fingerprint density at radius 1 is 1.48 bits per heavy atom. The van der Waals surface area contributed by atoms with Gasteiger partial charge in [0, 0.05) is 19.8 Å². The van der Waals surface area contributed by atoms with Crippen LogP contribution in [0.3, 0.4) is 0 Å². The monoisotopic (exact) mass is 291 g/mol. The second-order valence-electron chi connectivity index (χ2n) is 6.08. The number of hydrogen-bond donors (Lipinski definition) is 1. The lowest BCUT2D eigenvalue weighted by atomic mass is 9.76. The van der Waals surface area contributed by atoms with Gasteiger partial charge in [-0.25, -0.2) is 9.59 Å². The molecule has 1 aromatic rings. The van der Waals surface area contributed by atoms with Gasteiger partial charge in [-0.15, -0.1) is 0 Å². The van der Waals surface area contributed by atoms with Crippen molar-refractivity contribution < 1.29 is 14.7 Å². The van der Waals surface area contributed by atoms with Crippen LogP contribution in [-0.2, 0) is 4.79 Å². The van der Waals surface area contributed by atoms with E-state index in [9.17, 15) is 14.7 Å². The Labute approximate surface area is 124 Å². The molecule has 2 heterocycles. The van der Waals surface area contributed by atoms with Crippen molar-refractivity contribution in [3.05, 3.63) is 24.5 Å². The molecule has 1 N–H and O–H groups in total. The number of amides is 2. The van der Waals surface area contributed by atoms with Gasteiger partial charge in [0.25, 0.3) is 0 Å². The quantitative estimate of drug-likeness (QED) is 0.906. The maximum absolute atomic E-state index is 12.7. The molecule has 1 aromatic heterocycles. The molecule has 1 atom stereocenters. The summed E-state index contributed by atoms with van der Waals surface area (Å²) in [7, 11) is 1.64. The van der Waals surface area contributed by atoms with Crippen LogP contribution < -0.4 is 4.90 Å². The number of carboxylic acid groups (broad SMARTS) is 1. The van der Waals surface area contributed by atoms with Gasteiger partial charge in [0.2, 0.25) is 0 Å². The summed E-state index contributed by atoms with van der Waals surface area (Å²) in [5.74, 6) is -0.951. The molecule has 114 valence electrons. The average molecular weight is 291 g/mol. The van der Waals surface area contributed by atoms with Crippen molar-refractivity contribution in [2.45, 2.75) is 32.7 Å². The Kier molecular flexibility index (Phi) is 4.16. The fraction of sp³-hybridized carbons (Fsp3) is 0.533. The molecule has 0 radical (unpaired) electrons. The average Bonchev–Trinajstić information content (AvgIpc) is 2.45. The number of carboxylic acids is 1. The van der Waals surface area contributed by atoms with E-state index in [4.69, 9.17) is 0 Å². The molecule has 1 aliphatic heterocycles. The first-order valence-corrected chi connectivity index (χ1v) is 7.02. The van der Waals surface area contributed by atoms with Gasteiger partial charge >= 0.3 is 12.0 Å². The molecule has 0 saturated carbocycles. The van der Waals surface area contributed by atoms with Gasteiger partial charge in [0.05, 0.1) is 11.9 Å². The number of aromatic nitrogens is 1. The number of likely N-dealkylation sites (tertiary alicyclic amines) is 1. The smallest absolute Gasteiger partial charge is 0.327 e. The first kappa shape index (κ1) is 15.3. The topological polar surface area (TPSA) is 73.7 Å². The van der Waals surface area contributed by atoms with Crippen molar-refractivity contribution in [1.29, 1.82) is 0 Å².